The molecule has 0 aromatic heterocycles. The highest BCUT2D eigenvalue weighted by atomic mass is 16.1. The summed E-state index contributed by atoms with van der Waals surface area (Å²) in [6.07, 6.45) is 6.21. The van der Waals surface area contributed by atoms with Gasteiger partial charge in [0.1, 0.15) is 6.29 Å². The topological polar surface area (TPSA) is 34.1 Å². The molecule has 0 saturated carbocycles. The molecule has 2 nitrogen and oxygen atoms in total. The number of unbranched alkanes of at least 4 members (excludes halogenated alkanes) is 1. The lowest BCUT2D eigenvalue weighted by Gasteiger charge is -2.00. The fourth-order valence-electron chi connectivity index (χ4n) is 1.80. The molecule has 1 aromatic rings. The Kier molecular flexibility index (Phi) is 6.70. The van der Waals surface area contributed by atoms with E-state index in [0.717, 1.165) is 31.1 Å². The first-order valence-corrected chi connectivity index (χ1v) is 6.40. The Morgan fingerprint density at radius 1 is 1.17 bits per heavy atom. The van der Waals surface area contributed by atoms with Crippen LogP contribution in [-0.4, -0.2) is 12.1 Å². The second-order valence-electron chi connectivity index (χ2n) is 4.50. The van der Waals surface area contributed by atoms with Crippen LogP contribution < -0.4 is 0 Å². The van der Waals surface area contributed by atoms with Crippen molar-refractivity contribution in [2.45, 2.75) is 39.0 Å². The number of hydrogen-bond donors (Lipinski definition) is 0. The first kappa shape index (κ1) is 14.4. The average molecular weight is 244 g/mol. The number of carbonyl (C=O) groups excluding carboxylic acids is 2. The lowest BCUT2D eigenvalue weighted by Crippen LogP contribution is -1.97. The molecule has 0 atom stereocenters. The molecule has 0 bridgehead atoms. The normalized spacial score (nSPS) is 11.3. The number of ketones is 1. The maximum Gasteiger partial charge on any atom is 0.155 e. The molecule has 0 radical (unpaired) electrons. The van der Waals surface area contributed by atoms with Gasteiger partial charge in [-0.25, -0.2) is 0 Å². The summed E-state index contributed by atoms with van der Waals surface area (Å²) in [6.45, 7) is 1.95. The van der Waals surface area contributed by atoms with E-state index in [4.69, 9.17) is 0 Å². The number of rotatable bonds is 8. The van der Waals surface area contributed by atoms with E-state index < -0.39 is 0 Å². The first-order chi connectivity index (χ1) is 8.72. The van der Waals surface area contributed by atoms with E-state index in [-0.39, 0.29) is 5.78 Å². The van der Waals surface area contributed by atoms with Gasteiger partial charge in [-0.3, -0.25) is 4.79 Å². The van der Waals surface area contributed by atoms with Crippen molar-refractivity contribution in [2.24, 2.45) is 0 Å². The maximum atomic E-state index is 11.7. The quantitative estimate of drug-likeness (QED) is 0.398. The summed E-state index contributed by atoms with van der Waals surface area (Å²) in [5.41, 5.74) is 2.26. The fourth-order valence-corrected chi connectivity index (χ4v) is 1.80. The van der Waals surface area contributed by atoms with Crippen molar-refractivity contribution in [2.75, 3.05) is 0 Å². The third-order valence-corrected chi connectivity index (χ3v) is 2.80. The van der Waals surface area contributed by atoms with Crippen LogP contribution in [0.4, 0.5) is 0 Å². The predicted molar refractivity (Wildman–Crippen MR) is 73.4 cm³/mol. The Hall–Kier alpha value is -1.70. The van der Waals surface area contributed by atoms with Crippen molar-refractivity contribution in [3.05, 3.63) is 47.5 Å². The van der Waals surface area contributed by atoms with Gasteiger partial charge in [0.25, 0.3) is 0 Å². The van der Waals surface area contributed by atoms with Crippen LogP contribution in [0.3, 0.4) is 0 Å². The van der Waals surface area contributed by atoms with E-state index in [1.807, 2.05) is 37.3 Å². The van der Waals surface area contributed by atoms with Gasteiger partial charge in [0.15, 0.2) is 5.78 Å². The van der Waals surface area contributed by atoms with Gasteiger partial charge in [-0.1, -0.05) is 35.9 Å². The second kappa shape index (κ2) is 8.40. The Morgan fingerprint density at radius 2 is 1.89 bits per heavy atom. The Balaban J connectivity index is 2.32. The number of allylic oxidation sites excluding steroid dienone is 2. The summed E-state index contributed by atoms with van der Waals surface area (Å²) >= 11 is 0. The highest BCUT2D eigenvalue weighted by molar-refractivity contribution is 5.90. The minimum atomic E-state index is 0.169. The summed E-state index contributed by atoms with van der Waals surface area (Å²) in [5.74, 6) is 0.169. The summed E-state index contributed by atoms with van der Waals surface area (Å²) in [6, 6.07) is 10.0. The zero-order valence-electron chi connectivity index (χ0n) is 10.9. The van der Waals surface area contributed by atoms with Gasteiger partial charge in [0, 0.05) is 12.8 Å². The van der Waals surface area contributed by atoms with Crippen LogP contribution in [0.25, 0.3) is 0 Å². The van der Waals surface area contributed by atoms with E-state index in [1.165, 1.54) is 5.56 Å². The minimum absolute atomic E-state index is 0.169. The standard InChI is InChI=1S/C16H20O2/c1-14(7-5-6-12-17)13-16(18)11-10-15-8-3-2-4-9-15/h2-4,8-9,12-13H,5-7,10-11H2,1H3/b14-13+. The van der Waals surface area contributed by atoms with Crippen molar-refractivity contribution >= 4 is 12.1 Å². The molecule has 0 fully saturated rings. The molecule has 0 heterocycles. The van der Waals surface area contributed by atoms with Gasteiger partial charge in [0.2, 0.25) is 0 Å². The number of aryl methyl sites for hydroxylation is 1. The largest absolute Gasteiger partial charge is 0.303 e. The Labute approximate surface area is 109 Å². The zero-order valence-corrected chi connectivity index (χ0v) is 10.9. The molecule has 1 rings (SSSR count). The van der Waals surface area contributed by atoms with Gasteiger partial charge in [-0.2, -0.15) is 0 Å². The summed E-state index contributed by atoms with van der Waals surface area (Å²) < 4.78 is 0. The molecule has 0 aliphatic rings. The average Bonchev–Trinajstić information content (AvgIpc) is 2.38. The van der Waals surface area contributed by atoms with Gasteiger partial charge in [-0.15, -0.1) is 0 Å². The lowest BCUT2D eigenvalue weighted by atomic mass is 10.0. The number of benzene rings is 1. The van der Waals surface area contributed by atoms with Crippen molar-refractivity contribution in [1.82, 2.24) is 0 Å². The van der Waals surface area contributed by atoms with E-state index in [0.29, 0.717) is 12.8 Å². The van der Waals surface area contributed by atoms with Crippen molar-refractivity contribution < 1.29 is 9.59 Å². The first-order valence-electron chi connectivity index (χ1n) is 6.40. The van der Waals surface area contributed by atoms with Gasteiger partial charge >= 0.3 is 0 Å². The molecule has 0 spiro atoms. The molecule has 0 amide bonds. The molecule has 0 unspecified atom stereocenters. The van der Waals surface area contributed by atoms with Crippen LogP contribution >= 0.6 is 0 Å². The molecule has 0 N–H and O–H groups in total. The Bertz CT molecular complexity index is 404. The van der Waals surface area contributed by atoms with Crippen molar-refractivity contribution in [3.63, 3.8) is 0 Å². The molecular weight excluding hydrogens is 224 g/mol. The second-order valence-corrected chi connectivity index (χ2v) is 4.50. The van der Waals surface area contributed by atoms with Crippen LogP contribution in [0.15, 0.2) is 42.0 Å². The van der Waals surface area contributed by atoms with Crippen LogP contribution in [0.5, 0.6) is 0 Å². The molecule has 2 heteroatoms. The summed E-state index contributed by atoms with van der Waals surface area (Å²) in [7, 11) is 0. The minimum Gasteiger partial charge on any atom is -0.303 e. The molecule has 1 aromatic carbocycles. The molecular formula is C16H20O2. The number of hydrogen-bond acceptors (Lipinski definition) is 2. The predicted octanol–water partition coefficient (Wildman–Crippen LogP) is 3.50. The molecule has 96 valence electrons. The summed E-state index contributed by atoms with van der Waals surface area (Å²) in [5, 5.41) is 0. The molecule has 0 aliphatic carbocycles. The molecule has 0 aliphatic heterocycles. The van der Waals surface area contributed by atoms with E-state index >= 15 is 0 Å². The zero-order chi connectivity index (χ0) is 13.2. The third kappa shape index (κ3) is 6.14. The smallest absolute Gasteiger partial charge is 0.155 e. The van der Waals surface area contributed by atoms with Gasteiger partial charge < -0.3 is 4.79 Å². The lowest BCUT2D eigenvalue weighted by molar-refractivity contribution is -0.114. The number of carbonyl (C=O) groups is 2. The van der Waals surface area contributed by atoms with Crippen LogP contribution in [0.1, 0.15) is 38.2 Å². The molecule has 18 heavy (non-hydrogen) atoms. The monoisotopic (exact) mass is 244 g/mol. The van der Waals surface area contributed by atoms with Crippen LogP contribution in [0, 0.1) is 0 Å². The fraction of sp³-hybridized carbons (Fsp3) is 0.375. The van der Waals surface area contributed by atoms with Crippen LogP contribution in [0.2, 0.25) is 0 Å². The number of aldehydes is 1. The van der Waals surface area contributed by atoms with E-state index in [2.05, 4.69) is 0 Å². The van der Waals surface area contributed by atoms with E-state index in [9.17, 15) is 9.59 Å². The SMILES string of the molecule is C/C(=C\C(=O)CCc1ccccc1)CCCC=O. The van der Waals surface area contributed by atoms with Crippen molar-refractivity contribution in [3.8, 4) is 0 Å². The molecule has 0 saturated heterocycles. The van der Waals surface area contributed by atoms with Crippen LogP contribution in [-0.2, 0) is 16.0 Å². The maximum absolute atomic E-state index is 11.7. The van der Waals surface area contributed by atoms with Gasteiger partial charge in [0.05, 0.1) is 0 Å². The summed E-state index contributed by atoms with van der Waals surface area (Å²) in [4.78, 5) is 21.9. The highest BCUT2D eigenvalue weighted by Crippen LogP contribution is 2.08. The van der Waals surface area contributed by atoms with E-state index in [1.54, 1.807) is 6.08 Å². The Morgan fingerprint density at radius 3 is 2.56 bits per heavy atom. The van der Waals surface area contributed by atoms with Gasteiger partial charge in [-0.05, 0) is 37.8 Å². The third-order valence-electron chi connectivity index (χ3n) is 2.80. The van der Waals surface area contributed by atoms with Crippen molar-refractivity contribution in [1.29, 1.82) is 0 Å². The highest BCUT2D eigenvalue weighted by Gasteiger charge is 2.00.